The van der Waals surface area contributed by atoms with Crippen LogP contribution in [0.15, 0.2) is 69.1 Å². The summed E-state index contributed by atoms with van der Waals surface area (Å²) < 4.78 is 5.35. The first-order valence-electron chi connectivity index (χ1n) is 6.78. The lowest BCUT2D eigenvalue weighted by atomic mass is 10.2. The number of para-hydroxylation sites is 1. The summed E-state index contributed by atoms with van der Waals surface area (Å²) in [5.41, 5.74) is 3.14. The van der Waals surface area contributed by atoms with Crippen molar-refractivity contribution in [2.24, 2.45) is 5.10 Å². The topological polar surface area (TPSA) is 91.9 Å². The van der Waals surface area contributed by atoms with Crippen molar-refractivity contribution in [3.8, 4) is 5.75 Å². The van der Waals surface area contributed by atoms with Crippen LogP contribution < -0.4 is 10.9 Å². The Bertz CT molecular complexity index is 943. The molecule has 0 saturated carbocycles. The summed E-state index contributed by atoms with van der Waals surface area (Å²) in [5.74, 6) is -0.384. The van der Waals surface area contributed by atoms with Crippen LogP contribution in [0.5, 0.6) is 5.75 Å². The van der Waals surface area contributed by atoms with Crippen molar-refractivity contribution in [3.05, 3.63) is 76.1 Å². The zero-order chi connectivity index (χ0) is 16.2. The molecular formula is C17H12N2O4. The highest BCUT2D eigenvalue weighted by molar-refractivity contribution is 5.95. The molecule has 0 saturated heterocycles. The fourth-order valence-corrected chi connectivity index (χ4v) is 2.02. The maximum Gasteiger partial charge on any atom is 0.271 e. The van der Waals surface area contributed by atoms with Gasteiger partial charge in [-0.25, -0.2) is 5.43 Å². The van der Waals surface area contributed by atoms with Gasteiger partial charge < -0.3 is 9.52 Å². The third-order valence-corrected chi connectivity index (χ3v) is 3.21. The Morgan fingerprint density at radius 1 is 1.13 bits per heavy atom. The second kappa shape index (κ2) is 6.15. The number of nitrogens with one attached hydrogen (secondary N) is 1. The van der Waals surface area contributed by atoms with E-state index in [1.54, 1.807) is 24.3 Å². The Hall–Kier alpha value is -3.41. The number of hydrazone groups is 1. The molecule has 0 fully saturated rings. The van der Waals surface area contributed by atoms with Gasteiger partial charge in [0, 0.05) is 5.56 Å². The molecule has 1 amide bonds. The fraction of sp³-hybridized carbons (Fsp3) is 0. The standard InChI is InChI=1S/C17H12N2O4/c20-13-7-5-11(6-8-13)17(22)19-18-9-12-10-23-15-4-2-1-3-14(15)16(12)21/h1-10,20H,(H,19,22)/b18-9+. The second-order valence-corrected chi connectivity index (χ2v) is 4.76. The van der Waals surface area contributed by atoms with Crippen molar-refractivity contribution in [2.75, 3.05) is 0 Å². The molecule has 0 radical (unpaired) electrons. The zero-order valence-electron chi connectivity index (χ0n) is 11.9. The lowest BCUT2D eigenvalue weighted by Gasteiger charge is -2.00. The van der Waals surface area contributed by atoms with Crippen LogP contribution in [0, 0.1) is 0 Å². The maximum atomic E-state index is 12.2. The Morgan fingerprint density at radius 2 is 1.87 bits per heavy atom. The van der Waals surface area contributed by atoms with Gasteiger partial charge >= 0.3 is 0 Å². The number of aromatic hydroxyl groups is 1. The van der Waals surface area contributed by atoms with Crippen molar-refractivity contribution in [2.45, 2.75) is 0 Å². The molecule has 0 aliphatic heterocycles. The predicted octanol–water partition coefficient (Wildman–Crippen LogP) is 2.26. The molecule has 6 heteroatoms. The molecule has 0 aliphatic rings. The van der Waals surface area contributed by atoms with Crippen molar-refractivity contribution in [3.63, 3.8) is 0 Å². The maximum absolute atomic E-state index is 12.2. The number of carbonyl (C=O) groups excluding carboxylic acids is 1. The Kier molecular flexibility index (Phi) is 3.88. The quantitative estimate of drug-likeness (QED) is 0.573. The molecule has 3 rings (SSSR count). The highest BCUT2D eigenvalue weighted by Crippen LogP contribution is 2.10. The smallest absolute Gasteiger partial charge is 0.271 e. The minimum absolute atomic E-state index is 0.0684. The van der Waals surface area contributed by atoms with Crippen molar-refractivity contribution < 1.29 is 14.3 Å². The number of rotatable bonds is 3. The van der Waals surface area contributed by atoms with Crippen LogP contribution in [-0.2, 0) is 0 Å². The lowest BCUT2D eigenvalue weighted by molar-refractivity contribution is 0.0955. The van der Waals surface area contributed by atoms with E-state index in [2.05, 4.69) is 10.5 Å². The number of phenols is 1. The minimum Gasteiger partial charge on any atom is -0.508 e. The largest absolute Gasteiger partial charge is 0.508 e. The first-order valence-corrected chi connectivity index (χ1v) is 6.78. The van der Waals surface area contributed by atoms with Gasteiger partial charge in [0.05, 0.1) is 17.2 Å². The van der Waals surface area contributed by atoms with Crippen molar-refractivity contribution >= 4 is 23.1 Å². The van der Waals surface area contributed by atoms with Crippen LogP contribution in [0.3, 0.4) is 0 Å². The van der Waals surface area contributed by atoms with Gasteiger partial charge in [0.1, 0.15) is 17.6 Å². The molecule has 1 aromatic heterocycles. The number of hydrogen-bond donors (Lipinski definition) is 2. The van der Waals surface area contributed by atoms with E-state index in [9.17, 15) is 14.7 Å². The second-order valence-electron chi connectivity index (χ2n) is 4.76. The molecule has 0 atom stereocenters. The molecule has 1 heterocycles. The number of hydrogen-bond acceptors (Lipinski definition) is 5. The Labute approximate surface area is 130 Å². The van der Waals surface area contributed by atoms with E-state index < -0.39 is 5.91 Å². The third kappa shape index (κ3) is 3.11. The fourth-order valence-electron chi connectivity index (χ4n) is 2.02. The van der Waals surface area contributed by atoms with E-state index in [0.29, 0.717) is 16.5 Å². The van der Waals surface area contributed by atoms with Crippen LogP contribution in [0.4, 0.5) is 0 Å². The summed E-state index contributed by atoms with van der Waals surface area (Å²) in [6.45, 7) is 0. The molecule has 0 aliphatic carbocycles. The highest BCUT2D eigenvalue weighted by atomic mass is 16.3. The van der Waals surface area contributed by atoms with E-state index in [0.717, 1.165) is 0 Å². The SMILES string of the molecule is O=C(N/N=C/c1coc2ccccc2c1=O)c1ccc(O)cc1. The third-order valence-electron chi connectivity index (χ3n) is 3.21. The summed E-state index contributed by atoms with van der Waals surface area (Å²) >= 11 is 0. The normalized spacial score (nSPS) is 11.0. The molecule has 23 heavy (non-hydrogen) atoms. The summed E-state index contributed by atoms with van der Waals surface area (Å²) in [7, 11) is 0. The minimum atomic E-state index is -0.452. The van der Waals surface area contributed by atoms with Crippen molar-refractivity contribution in [1.82, 2.24) is 5.43 Å². The number of amides is 1. The van der Waals surface area contributed by atoms with Gasteiger partial charge in [0.2, 0.25) is 5.43 Å². The van der Waals surface area contributed by atoms with E-state index in [1.165, 1.54) is 36.7 Å². The highest BCUT2D eigenvalue weighted by Gasteiger charge is 2.06. The van der Waals surface area contributed by atoms with Gasteiger partial charge in [-0.3, -0.25) is 9.59 Å². The number of nitrogens with zero attached hydrogens (tertiary/aromatic N) is 1. The van der Waals surface area contributed by atoms with E-state index >= 15 is 0 Å². The summed E-state index contributed by atoms with van der Waals surface area (Å²) in [6.07, 6.45) is 2.53. The Balaban J connectivity index is 1.78. The van der Waals surface area contributed by atoms with E-state index in [-0.39, 0.29) is 16.7 Å². The lowest BCUT2D eigenvalue weighted by Crippen LogP contribution is -2.18. The predicted molar refractivity (Wildman–Crippen MR) is 85.7 cm³/mol. The number of benzene rings is 2. The molecule has 3 aromatic rings. The molecule has 114 valence electrons. The summed E-state index contributed by atoms with van der Waals surface area (Å²) in [4.78, 5) is 24.1. The van der Waals surface area contributed by atoms with E-state index in [4.69, 9.17) is 4.42 Å². The van der Waals surface area contributed by atoms with Crippen LogP contribution in [0.1, 0.15) is 15.9 Å². The number of phenolic OH excluding ortho intramolecular Hbond substituents is 1. The van der Waals surface area contributed by atoms with Crippen molar-refractivity contribution in [1.29, 1.82) is 0 Å². The average molecular weight is 308 g/mol. The van der Waals surface area contributed by atoms with Crippen LogP contribution in [-0.4, -0.2) is 17.2 Å². The Morgan fingerprint density at radius 3 is 2.65 bits per heavy atom. The van der Waals surface area contributed by atoms with Crippen LogP contribution in [0.2, 0.25) is 0 Å². The van der Waals surface area contributed by atoms with Gasteiger partial charge in [0.25, 0.3) is 5.91 Å². The van der Waals surface area contributed by atoms with Gasteiger partial charge in [-0.2, -0.15) is 5.10 Å². The molecule has 0 unspecified atom stereocenters. The monoisotopic (exact) mass is 308 g/mol. The number of carbonyl (C=O) groups is 1. The van der Waals surface area contributed by atoms with Gasteiger partial charge in [0.15, 0.2) is 0 Å². The van der Waals surface area contributed by atoms with Crippen LogP contribution in [0.25, 0.3) is 11.0 Å². The molecule has 2 N–H and O–H groups in total. The van der Waals surface area contributed by atoms with Gasteiger partial charge in [-0.1, -0.05) is 12.1 Å². The first kappa shape index (κ1) is 14.5. The molecule has 6 nitrogen and oxygen atoms in total. The molecular weight excluding hydrogens is 296 g/mol. The van der Waals surface area contributed by atoms with Gasteiger partial charge in [-0.15, -0.1) is 0 Å². The molecule has 0 bridgehead atoms. The first-order chi connectivity index (χ1) is 11.1. The molecule has 0 spiro atoms. The van der Waals surface area contributed by atoms with E-state index in [1.807, 2.05) is 0 Å². The van der Waals surface area contributed by atoms with Gasteiger partial charge in [-0.05, 0) is 36.4 Å². The number of fused-ring (bicyclic) bond motifs is 1. The van der Waals surface area contributed by atoms with Crippen LogP contribution >= 0.6 is 0 Å². The molecule has 2 aromatic carbocycles. The summed E-state index contributed by atoms with van der Waals surface area (Å²) in [6, 6.07) is 12.6. The summed E-state index contributed by atoms with van der Waals surface area (Å²) in [5, 5.41) is 13.4. The average Bonchev–Trinajstić information content (AvgIpc) is 2.57. The zero-order valence-corrected chi connectivity index (χ0v) is 11.9.